The molecule has 0 N–H and O–H groups in total. The van der Waals surface area contributed by atoms with Crippen LogP contribution in [0.25, 0.3) is 0 Å². The number of likely N-dealkylation sites (N-methyl/N-ethyl adjacent to an activating group) is 1. The van der Waals surface area contributed by atoms with Gasteiger partial charge in [-0.2, -0.15) is 0 Å². The van der Waals surface area contributed by atoms with Crippen molar-refractivity contribution in [2.24, 2.45) is 0 Å². The van der Waals surface area contributed by atoms with Crippen LogP contribution in [0.3, 0.4) is 0 Å². The lowest BCUT2D eigenvalue weighted by atomic mass is 9.73. The first kappa shape index (κ1) is 14.0. The van der Waals surface area contributed by atoms with Crippen molar-refractivity contribution in [1.29, 1.82) is 0 Å². The minimum Gasteiger partial charge on any atom is -0.300 e. The van der Waals surface area contributed by atoms with Crippen LogP contribution in [0.5, 0.6) is 0 Å². The quantitative estimate of drug-likeness (QED) is 0.773. The average Bonchev–Trinajstić information content (AvgIpc) is 2.79. The van der Waals surface area contributed by atoms with Gasteiger partial charge in [0.05, 0.1) is 0 Å². The molecule has 22 heavy (non-hydrogen) atoms. The standard InChI is InChI=1S/C21H25N/c1-15-8-10-17(11-9-15)21-19(16-6-4-3-5-7-16)14-18-12-13-20(21)22(18)2/h3-11,18-21H,12-14H2,1-2H3/t18?,19-,20?,21+/m0/s1. The highest BCUT2D eigenvalue weighted by Gasteiger charge is 2.46. The smallest absolute Gasteiger partial charge is 0.0170 e. The van der Waals surface area contributed by atoms with Gasteiger partial charge in [0.15, 0.2) is 0 Å². The Hall–Kier alpha value is -1.60. The lowest BCUT2D eigenvalue weighted by Crippen LogP contribution is -2.44. The first-order valence-corrected chi connectivity index (χ1v) is 8.57. The molecule has 1 nitrogen and oxygen atoms in total. The van der Waals surface area contributed by atoms with Crippen LogP contribution in [0.1, 0.15) is 47.8 Å². The van der Waals surface area contributed by atoms with Crippen molar-refractivity contribution in [3.8, 4) is 0 Å². The van der Waals surface area contributed by atoms with E-state index < -0.39 is 0 Å². The predicted molar refractivity (Wildman–Crippen MR) is 92.3 cm³/mol. The first-order chi connectivity index (χ1) is 10.7. The number of aryl methyl sites for hydroxylation is 1. The molecule has 2 unspecified atom stereocenters. The zero-order valence-corrected chi connectivity index (χ0v) is 13.6. The Morgan fingerprint density at radius 2 is 1.59 bits per heavy atom. The zero-order valence-electron chi connectivity index (χ0n) is 13.6. The highest BCUT2D eigenvalue weighted by atomic mass is 15.2. The first-order valence-electron chi connectivity index (χ1n) is 8.57. The van der Waals surface area contributed by atoms with Crippen LogP contribution in [0, 0.1) is 6.92 Å². The topological polar surface area (TPSA) is 3.24 Å². The molecule has 0 saturated carbocycles. The third kappa shape index (κ3) is 2.28. The second kappa shape index (κ2) is 5.55. The van der Waals surface area contributed by atoms with E-state index in [2.05, 4.69) is 73.5 Å². The van der Waals surface area contributed by atoms with Crippen molar-refractivity contribution < 1.29 is 0 Å². The molecule has 0 radical (unpaired) electrons. The maximum absolute atomic E-state index is 2.66. The van der Waals surface area contributed by atoms with Gasteiger partial charge in [0, 0.05) is 18.0 Å². The van der Waals surface area contributed by atoms with Crippen LogP contribution >= 0.6 is 0 Å². The van der Waals surface area contributed by atoms with E-state index in [-0.39, 0.29) is 0 Å². The van der Waals surface area contributed by atoms with E-state index in [4.69, 9.17) is 0 Å². The summed E-state index contributed by atoms with van der Waals surface area (Å²) in [5, 5.41) is 0. The van der Waals surface area contributed by atoms with E-state index in [9.17, 15) is 0 Å². The molecule has 2 aliphatic heterocycles. The molecule has 0 spiro atoms. The number of nitrogens with zero attached hydrogens (tertiary/aromatic N) is 1. The molecule has 1 heteroatoms. The molecule has 4 rings (SSSR count). The Morgan fingerprint density at radius 3 is 2.32 bits per heavy atom. The van der Waals surface area contributed by atoms with Gasteiger partial charge in [-0.1, -0.05) is 60.2 Å². The fraction of sp³-hybridized carbons (Fsp3) is 0.429. The molecule has 2 bridgehead atoms. The molecule has 4 atom stereocenters. The number of rotatable bonds is 2. The summed E-state index contributed by atoms with van der Waals surface area (Å²) in [4.78, 5) is 2.66. The fourth-order valence-electron chi connectivity index (χ4n) is 4.75. The van der Waals surface area contributed by atoms with Crippen LogP contribution in [-0.4, -0.2) is 24.0 Å². The number of benzene rings is 2. The summed E-state index contributed by atoms with van der Waals surface area (Å²) in [6.45, 7) is 2.18. The Labute approximate surface area is 134 Å². The third-order valence-electron chi connectivity index (χ3n) is 5.96. The van der Waals surface area contributed by atoms with Gasteiger partial charge in [0.1, 0.15) is 0 Å². The van der Waals surface area contributed by atoms with E-state index in [1.54, 1.807) is 0 Å². The molecule has 0 aliphatic carbocycles. The minimum atomic E-state index is 0.631. The molecule has 2 saturated heterocycles. The van der Waals surface area contributed by atoms with Crippen molar-refractivity contribution in [3.05, 3.63) is 71.3 Å². The van der Waals surface area contributed by atoms with E-state index in [1.807, 2.05) is 0 Å². The van der Waals surface area contributed by atoms with Gasteiger partial charge in [-0.05, 0) is 50.3 Å². The maximum atomic E-state index is 2.66. The maximum Gasteiger partial charge on any atom is 0.0170 e. The second-order valence-corrected chi connectivity index (χ2v) is 7.15. The Morgan fingerprint density at radius 1 is 0.864 bits per heavy atom. The zero-order chi connectivity index (χ0) is 15.1. The largest absolute Gasteiger partial charge is 0.300 e. The molecule has 114 valence electrons. The van der Waals surface area contributed by atoms with Crippen LogP contribution in [0.2, 0.25) is 0 Å². The number of hydrogen-bond acceptors (Lipinski definition) is 1. The Bertz CT molecular complexity index is 631. The molecular weight excluding hydrogens is 266 g/mol. The summed E-state index contributed by atoms with van der Waals surface area (Å²) in [6.07, 6.45) is 4.02. The van der Waals surface area contributed by atoms with Crippen molar-refractivity contribution in [1.82, 2.24) is 4.90 Å². The molecule has 2 aromatic carbocycles. The lowest BCUT2D eigenvalue weighted by Gasteiger charge is -2.43. The van der Waals surface area contributed by atoms with Crippen LogP contribution in [0.4, 0.5) is 0 Å². The van der Waals surface area contributed by atoms with E-state index in [0.29, 0.717) is 17.9 Å². The van der Waals surface area contributed by atoms with Crippen LogP contribution in [-0.2, 0) is 0 Å². The molecule has 0 amide bonds. The SMILES string of the molecule is Cc1ccc([C@H]2C3CCC(C[C@H]2c2ccccc2)N3C)cc1. The van der Waals surface area contributed by atoms with Gasteiger partial charge in [-0.25, -0.2) is 0 Å². The summed E-state index contributed by atoms with van der Waals surface area (Å²) in [5.74, 6) is 1.30. The summed E-state index contributed by atoms with van der Waals surface area (Å²) < 4.78 is 0. The summed E-state index contributed by atoms with van der Waals surface area (Å²) >= 11 is 0. The van der Waals surface area contributed by atoms with Gasteiger partial charge in [-0.3, -0.25) is 4.90 Å². The Kier molecular flexibility index (Phi) is 3.54. The van der Waals surface area contributed by atoms with Crippen LogP contribution < -0.4 is 0 Å². The van der Waals surface area contributed by atoms with Crippen molar-refractivity contribution in [3.63, 3.8) is 0 Å². The van der Waals surface area contributed by atoms with E-state index in [1.165, 1.54) is 36.0 Å². The lowest BCUT2D eigenvalue weighted by molar-refractivity contribution is 0.137. The fourth-order valence-corrected chi connectivity index (χ4v) is 4.75. The van der Waals surface area contributed by atoms with Gasteiger partial charge >= 0.3 is 0 Å². The third-order valence-corrected chi connectivity index (χ3v) is 5.96. The average molecular weight is 291 g/mol. The van der Waals surface area contributed by atoms with Gasteiger partial charge in [0.2, 0.25) is 0 Å². The van der Waals surface area contributed by atoms with Gasteiger partial charge in [-0.15, -0.1) is 0 Å². The molecule has 2 aliphatic rings. The van der Waals surface area contributed by atoms with E-state index >= 15 is 0 Å². The summed E-state index contributed by atoms with van der Waals surface area (Å²) in [5.41, 5.74) is 4.41. The van der Waals surface area contributed by atoms with Gasteiger partial charge < -0.3 is 0 Å². The summed E-state index contributed by atoms with van der Waals surface area (Å²) in [7, 11) is 2.34. The Balaban J connectivity index is 1.77. The molecular formula is C21H25N. The number of piperidine rings is 1. The highest BCUT2D eigenvalue weighted by molar-refractivity contribution is 5.34. The molecule has 2 fully saturated rings. The van der Waals surface area contributed by atoms with Gasteiger partial charge in [0.25, 0.3) is 0 Å². The predicted octanol–water partition coefficient (Wildman–Crippen LogP) is 4.73. The number of fused-ring (bicyclic) bond motifs is 2. The molecule has 2 heterocycles. The van der Waals surface area contributed by atoms with E-state index in [0.717, 1.165) is 6.04 Å². The summed E-state index contributed by atoms with van der Waals surface area (Å²) in [6, 6.07) is 21.9. The highest BCUT2D eigenvalue weighted by Crippen LogP contribution is 2.50. The normalized spacial score (nSPS) is 31.4. The molecule has 2 aromatic rings. The minimum absolute atomic E-state index is 0.631. The second-order valence-electron chi connectivity index (χ2n) is 7.15. The monoisotopic (exact) mass is 291 g/mol. The number of hydrogen-bond donors (Lipinski definition) is 0. The molecule has 0 aromatic heterocycles. The van der Waals surface area contributed by atoms with Crippen LogP contribution in [0.15, 0.2) is 54.6 Å². The van der Waals surface area contributed by atoms with Crippen molar-refractivity contribution in [2.75, 3.05) is 7.05 Å². The van der Waals surface area contributed by atoms with Crippen molar-refractivity contribution >= 4 is 0 Å². The van der Waals surface area contributed by atoms with Crippen molar-refractivity contribution in [2.45, 2.75) is 50.1 Å².